The Morgan fingerprint density at radius 3 is 2.52 bits per heavy atom. The summed E-state index contributed by atoms with van der Waals surface area (Å²) in [5.74, 6) is -0.557. The van der Waals surface area contributed by atoms with Crippen LogP contribution in [0.25, 0.3) is 16.9 Å². The van der Waals surface area contributed by atoms with Gasteiger partial charge in [0.15, 0.2) is 5.69 Å². The van der Waals surface area contributed by atoms with Gasteiger partial charge >= 0.3 is 5.97 Å². The van der Waals surface area contributed by atoms with Crippen LogP contribution in [0.2, 0.25) is 5.02 Å². The third-order valence-corrected chi connectivity index (χ3v) is 3.86. The summed E-state index contributed by atoms with van der Waals surface area (Å²) >= 11 is 6.44. The summed E-state index contributed by atoms with van der Waals surface area (Å²) in [6.07, 6.45) is 0. The van der Waals surface area contributed by atoms with E-state index in [1.54, 1.807) is 4.68 Å². The van der Waals surface area contributed by atoms with Crippen molar-refractivity contribution in [2.45, 2.75) is 6.92 Å². The van der Waals surface area contributed by atoms with Gasteiger partial charge in [0.05, 0.1) is 18.5 Å². The van der Waals surface area contributed by atoms with E-state index < -0.39 is 5.97 Å². The molecule has 3 aromatic rings. The van der Waals surface area contributed by atoms with Crippen LogP contribution in [0.1, 0.15) is 16.1 Å². The van der Waals surface area contributed by atoms with Gasteiger partial charge in [-0.3, -0.25) is 0 Å². The van der Waals surface area contributed by atoms with E-state index >= 15 is 0 Å². The quantitative estimate of drug-likeness (QED) is 0.674. The van der Waals surface area contributed by atoms with Gasteiger partial charge in [0, 0.05) is 5.56 Å². The summed E-state index contributed by atoms with van der Waals surface area (Å²) in [6.45, 7) is 2.00. The number of esters is 1. The number of rotatable bonds is 3. The number of aryl methyl sites for hydroxylation is 1. The summed E-state index contributed by atoms with van der Waals surface area (Å²) in [7, 11) is 1.31. The summed E-state index contributed by atoms with van der Waals surface area (Å²) in [5.41, 5.74) is 3.57. The van der Waals surface area contributed by atoms with E-state index in [1.807, 2.05) is 61.5 Å². The standard InChI is InChI=1S/C18H15ClN2O2/c1-12-7-6-10-14(11-12)21-17(13-8-4-3-5-9-13)15(19)16(20-21)18(22)23-2/h3-11H,1-2H3. The van der Waals surface area contributed by atoms with Crippen molar-refractivity contribution in [3.63, 3.8) is 0 Å². The van der Waals surface area contributed by atoms with Crippen molar-refractivity contribution in [1.29, 1.82) is 0 Å². The van der Waals surface area contributed by atoms with E-state index in [9.17, 15) is 4.79 Å². The van der Waals surface area contributed by atoms with Gasteiger partial charge < -0.3 is 4.74 Å². The van der Waals surface area contributed by atoms with Gasteiger partial charge in [-0.2, -0.15) is 5.10 Å². The molecule has 0 aliphatic carbocycles. The Balaban J connectivity index is 2.28. The molecule has 0 aliphatic heterocycles. The first-order chi connectivity index (χ1) is 11.1. The SMILES string of the molecule is COC(=O)c1nn(-c2cccc(C)c2)c(-c2ccccc2)c1Cl. The van der Waals surface area contributed by atoms with Crippen molar-refractivity contribution in [3.05, 3.63) is 70.9 Å². The van der Waals surface area contributed by atoms with Crippen molar-refractivity contribution in [2.24, 2.45) is 0 Å². The molecule has 0 saturated carbocycles. The zero-order chi connectivity index (χ0) is 16.4. The van der Waals surface area contributed by atoms with Gasteiger partial charge in [0.1, 0.15) is 5.02 Å². The van der Waals surface area contributed by atoms with Crippen LogP contribution in [0.5, 0.6) is 0 Å². The number of hydrogen-bond acceptors (Lipinski definition) is 3. The molecular formula is C18H15ClN2O2. The summed E-state index contributed by atoms with van der Waals surface area (Å²) in [4.78, 5) is 11.9. The van der Waals surface area contributed by atoms with Crippen LogP contribution in [-0.4, -0.2) is 22.9 Å². The molecule has 23 heavy (non-hydrogen) atoms. The van der Waals surface area contributed by atoms with Crippen molar-refractivity contribution in [3.8, 4) is 16.9 Å². The molecule has 0 unspecified atom stereocenters. The molecule has 4 nitrogen and oxygen atoms in total. The first-order valence-electron chi connectivity index (χ1n) is 7.11. The first-order valence-corrected chi connectivity index (χ1v) is 7.49. The van der Waals surface area contributed by atoms with Crippen LogP contribution in [0.15, 0.2) is 54.6 Å². The van der Waals surface area contributed by atoms with Crippen molar-refractivity contribution < 1.29 is 9.53 Å². The van der Waals surface area contributed by atoms with E-state index in [2.05, 4.69) is 5.10 Å². The molecule has 1 heterocycles. The van der Waals surface area contributed by atoms with Crippen molar-refractivity contribution in [1.82, 2.24) is 9.78 Å². The van der Waals surface area contributed by atoms with Crippen molar-refractivity contribution in [2.75, 3.05) is 7.11 Å². The predicted molar refractivity (Wildman–Crippen MR) is 90.1 cm³/mol. The molecule has 0 aliphatic rings. The lowest BCUT2D eigenvalue weighted by Gasteiger charge is -2.08. The third kappa shape index (κ3) is 2.85. The minimum absolute atomic E-state index is 0.106. The van der Waals surface area contributed by atoms with Crippen LogP contribution in [0, 0.1) is 6.92 Å². The van der Waals surface area contributed by atoms with E-state index in [0.29, 0.717) is 5.69 Å². The maximum absolute atomic E-state index is 11.9. The number of nitrogens with zero attached hydrogens (tertiary/aromatic N) is 2. The lowest BCUT2D eigenvalue weighted by molar-refractivity contribution is 0.0593. The molecule has 0 fully saturated rings. The summed E-state index contributed by atoms with van der Waals surface area (Å²) in [5, 5.41) is 4.66. The molecule has 0 saturated heterocycles. The molecular weight excluding hydrogens is 312 g/mol. The Morgan fingerprint density at radius 2 is 1.87 bits per heavy atom. The predicted octanol–water partition coefficient (Wildman–Crippen LogP) is 4.29. The molecule has 1 aromatic heterocycles. The number of halogens is 1. The molecule has 5 heteroatoms. The number of hydrogen-bond donors (Lipinski definition) is 0. The van der Waals surface area contributed by atoms with E-state index in [-0.39, 0.29) is 10.7 Å². The van der Waals surface area contributed by atoms with Gasteiger partial charge in [-0.15, -0.1) is 0 Å². The largest absolute Gasteiger partial charge is 0.464 e. The highest BCUT2D eigenvalue weighted by atomic mass is 35.5. The molecule has 0 radical (unpaired) electrons. The number of methoxy groups -OCH3 is 1. The summed E-state index contributed by atoms with van der Waals surface area (Å²) in [6, 6.07) is 17.4. The lowest BCUT2D eigenvalue weighted by Crippen LogP contribution is -2.05. The average Bonchev–Trinajstić information content (AvgIpc) is 2.92. The van der Waals surface area contributed by atoms with Gasteiger partial charge in [-0.1, -0.05) is 54.1 Å². The van der Waals surface area contributed by atoms with Crippen LogP contribution in [-0.2, 0) is 4.74 Å². The van der Waals surface area contributed by atoms with Crippen LogP contribution in [0.4, 0.5) is 0 Å². The topological polar surface area (TPSA) is 44.1 Å². The maximum atomic E-state index is 11.9. The Kier molecular flexibility index (Phi) is 4.17. The van der Waals surface area contributed by atoms with Gasteiger partial charge in [0.2, 0.25) is 0 Å². The maximum Gasteiger partial charge on any atom is 0.360 e. The van der Waals surface area contributed by atoms with Gasteiger partial charge in [0.25, 0.3) is 0 Å². The van der Waals surface area contributed by atoms with E-state index in [4.69, 9.17) is 16.3 Å². The fourth-order valence-corrected chi connectivity index (χ4v) is 2.72. The number of carbonyl (C=O) groups is 1. The van der Waals surface area contributed by atoms with Crippen LogP contribution in [0.3, 0.4) is 0 Å². The average molecular weight is 327 g/mol. The smallest absolute Gasteiger partial charge is 0.360 e. The Labute approximate surface area is 139 Å². The van der Waals surface area contributed by atoms with E-state index in [0.717, 1.165) is 16.8 Å². The zero-order valence-corrected chi connectivity index (χ0v) is 13.5. The van der Waals surface area contributed by atoms with Gasteiger partial charge in [-0.25, -0.2) is 9.48 Å². The second kappa shape index (κ2) is 6.26. The Morgan fingerprint density at radius 1 is 1.13 bits per heavy atom. The lowest BCUT2D eigenvalue weighted by atomic mass is 10.1. The number of aromatic nitrogens is 2. The third-order valence-electron chi connectivity index (χ3n) is 3.50. The van der Waals surface area contributed by atoms with Crippen LogP contribution < -0.4 is 0 Å². The number of carbonyl (C=O) groups excluding carboxylic acids is 1. The molecule has 0 spiro atoms. The zero-order valence-electron chi connectivity index (χ0n) is 12.8. The van der Waals surface area contributed by atoms with Crippen LogP contribution >= 0.6 is 11.6 Å². The highest BCUT2D eigenvalue weighted by molar-refractivity contribution is 6.35. The molecule has 3 rings (SSSR count). The van der Waals surface area contributed by atoms with Crippen molar-refractivity contribution >= 4 is 17.6 Å². The minimum Gasteiger partial charge on any atom is -0.464 e. The Hall–Kier alpha value is -2.59. The second-order valence-corrected chi connectivity index (χ2v) is 5.50. The second-order valence-electron chi connectivity index (χ2n) is 5.12. The monoisotopic (exact) mass is 326 g/mol. The Bertz CT molecular complexity index is 857. The molecule has 0 amide bonds. The van der Waals surface area contributed by atoms with Gasteiger partial charge in [-0.05, 0) is 24.6 Å². The molecule has 0 bridgehead atoms. The molecule has 0 N–H and O–H groups in total. The number of benzene rings is 2. The normalized spacial score (nSPS) is 10.6. The molecule has 0 atom stereocenters. The molecule has 2 aromatic carbocycles. The highest BCUT2D eigenvalue weighted by Crippen LogP contribution is 2.33. The highest BCUT2D eigenvalue weighted by Gasteiger charge is 2.24. The minimum atomic E-state index is -0.557. The fourth-order valence-electron chi connectivity index (χ4n) is 2.42. The number of ether oxygens (including phenoxy) is 1. The molecule has 116 valence electrons. The van der Waals surface area contributed by atoms with E-state index in [1.165, 1.54) is 7.11 Å². The summed E-state index contributed by atoms with van der Waals surface area (Å²) < 4.78 is 6.46. The fraction of sp³-hybridized carbons (Fsp3) is 0.111. The first kappa shape index (κ1) is 15.3.